The smallest absolute Gasteiger partial charge is 0.127 e. The van der Waals surface area contributed by atoms with Gasteiger partial charge in [0.2, 0.25) is 0 Å². The maximum absolute atomic E-state index is 5.89. The van der Waals surface area contributed by atoms with Crippen LogP contribution in [0.15, 0.2) is 36.4 Å². The van der Waals surface area contributed by atoms with E-state index in [1.54, 1.807) is 0 Å². The van der Waals surface area contributed by atoms with E-state index in [1.807, 2.05) is 12.1 Å². The second-order valence-electron chi connectivity index (χ2n) is 4.80. The van der Waals surface area contributed by atoms with Crippen molar-refractivity contribution in [2.75, 3.05) is 0 Å². The highest BCUT2D eigenvalue weighted by molar-refractivity contribution is 5.43. The fraction of sp³-hybridized carbons (Fsp3) is 0.294. The van der Waals surface area contributed by atoms with Crippen LogP contribution < -0.4 is 4.74 Å². The van der Waals surface area contributed by atoms with E-state index in [1.165, 1.54) is 22.3 Å². The Morgan fingerprint density at radius 3 is 1.89 bits per heavy atom. The first-order chi connectivity index (χ1) is 8.60. The summed E-state index contributed by atoms with van der Waals surface area (Å²) in [5, 5.41) is 0. The molecule has 2 aromatic carbocycles. The van der Waals surface area contributed by atoms with Gasteiger partial charge in [0, 0.05) is 0 Å². The standard InChI is InChI=1S/C17H20O/c1-5-17-13(3)10-16(11-14(17)4)18-15-8-6-12(2)7-9-15/h6-11H,5H2,1-4H3. The fourth-order valence-corrected chi connectivity index (χ4v) is 2.31. The van der Waals surface area contributed by atoms with E-state index in [2.05, 4.69) is 52.0 Å². The van der Waals surface area contributed by atoms with Crippen molar-refractivity contribution < 1.29 is 4.74 Å². The van der Waals surface area contributed by atoms with Crippen molar-refractivity contribution in [3.8, 4) is 11.5 Å². The summed E-state index contributed by atoms with van der Waals surface area (Å²) in [4.78, 5) is 0. The molecule has 0 aliphatic heterocycles. The van der Waals surface area contributed by atoms with Crippen LogP contribution in [-0.4, -0.2) is 0 Å². The van der Waals surface area contributed by atoms with Crippen molar-refractivity contribution in [2.45, 2.75) is 34.1 Å². The van der Waals surface area contributed by atoms with Crippen molar-refractivity contribution in [1.82, 2.24) is 0 Å². The van der Waals surface area contributed by atoms with Crippen LogP contribution in [0, 0.1) is 20.8 Å². The molecule has 0 N–H and O–H groups in total. The van der Waals surface area contributed by atoms with Crippen LogP contribution in [0.4, 0.5) is 0 Å². The minimum Gasteiger partial charge on any atom is -0.457 e. The van der Waals surface area contributed by atoms with E-state index in [9.17, 15) is 0 Å². The molecule has 0 saturated carbocycles. The Labute approximate surface area is 109 Å². The van der Waals surface area contributed by atoms with E-state index < -0.39 is 0 Å². The lowest BCUT2D eigenvalue weighted by molar-refractivity contribution is 0.481. The van der Waals surface area contributed by atoms with Gasteiger partial charge in [-0.25, -0.2) is 0 Å². The lowest BCUT2D eigenvalue weighted by Gasteiger charge is -2.12. The first-order valence-electron chi connectivity index (χ1n) is 6.44. The van der Waals surface area contributed by atoms with Gasteiger partial charge in [0.25, 0.3) is 0 Å². The van der Waals surface area contributed by atoms with Gasteiger partial charge in [-0.3, -0.25) is 0 Å². The summed E-state index contributed by atoms with van der Waals surface area (Å²) < 4.78 is 5.89. The normalized spacial score (nSPS) is 10.4. The van der Waals surface area contributed by atoms with Gasteiger partial charge in [-0.15, -0.1) is 0 Å². The van der Waals surface area contributed by atoms with Crippen LogP contribution >= 0.6 is 0 Å². The summed E-state index contributed by atoms with van der Waals surface area (Å²) >= 11 is 0. The fourth-order valence-electron chi connectivity index (χ4n) is 2.31. The van der Waals surface area contributed by atoms with Crippen molar-refractivity contribution in [1.29, 1.82) is 0 Å². The molecule has 1 heteroatoms. The van der Waals surface area contributed by atoms with Gasteiger partial charge in [0.15, 0.2) is 0 Å². The SMILES string of the molecule is CCc1c(C)cc(Oc2ccc(C)cc2)cc1C. The van der Waals surface area contributed by atoms with Crippen molar-refractivity contribution >= 4 is 0 Å². The van der Waals surface area contributed by atoms with E-state index >= 15 is 0 Å². The Morgan fingerprint density at radius 1 is 0.833 bits per heavy atom. The molecule has 0 aliphatic carbocycles. The Balaban J connectivity index is 2.27. The molecule has 0 heterocycles. The van der Waals surface area contributed by atoms with E-state index in [0.29, 0.717) is 0 Å². The van der Waals surface area contributed by atoms with Crippen LogP contribution in [0.25, 0.3) is 0 Å². The Hall–Kier alpha value is -1.76. The molecule has 0 aromatic heterocycles. The van der Waals surface area contributed by atoms with Crippen molar-refractivity contribution in [3.05, 3.63) is 58.7 Å². The number of benzene rings is 2. The van der Waals surface area contributed by atoms with Gasteiger partial charge in [-0.2, -0.15) is 0 Å². The number of rotatable bonds is 3. The quantitative estimate of drug-likeness (QED) is 0.736. The highest BCUT2D eigenvalue weighted by atomic mass is 16.5. The Morgan fingerprint density at radius 2 is 1.39 bits per heavy atom. The molecule has 0 atom stereocenters. The first-order valence-corrected chi connectivity index (χ1v) is 6.44. The highest BCUT2D eigenvalue weighted by Crippen LogP contribution is 2.26. The predicted molar refractivity (Wildman–Crippen MR) is 76.5 cm³/mol. The number of ether oxygens (including phenoxy) is 1. The summed E-state index contributed by atoms with van der Waals surface area (Å²) in [5.41, 5.74) is 5.28. The zero-order valence-corrected chi connectivity index (χ0v) is 11.6. The Kier molecular flexibility index (Phi) is 3.71. The molecule has 0 radical (unpaired) electrons. The van der Waals surface area contributed by atoms with Crippen LogP contribution in [0.3, 0.4) is 0 Å². The maximum atomic E-state index is 5.89. The van der Waals surface area contributed by atoms with E-state index in [4.69, 9.17) is 4.74 Å². The molecular formula is C17H20O. The van der Waals surface area contributed by atoms with Crippen LogP contribution in [0.5, 0.6) is 11.5 Å². The van der Waals surface area contributed by atoms with Gasteiger partial charge in [-0.05, 0) is 68.1 Å². The van der Waals surface area contributed by atoms with Gasteiger partial charge < -0.3 is 4.74 Å². The third-order valence-corrected chi connectivity index (χ3v) is 3.28. The van der Waals surface area contributed by atoms with E-state index in [0.717, 1.165) is 17.9 Å². The molecule has 18 heavy (non-hydrogen) atoms. The van der Waals surface area contributed by atoms with Crippen molar-refractivity contribution in [2.24, 2.45) is 0 Å². The molecule has 0 saturated heterocycles. The van der Waals surface area contributed by atoms with Crippen LogP contribution in [-0.2, 0) is 6.42 Å². The van der Waals surface area contributed by atoms with Gasteiger partial charge in [0.05, 0.1) is 0 Å². The summed E-state index contributed by atoms with van der Waals surface area (Å²) in [6.07, 6.45) is 1.07. The number of aryl methyl sites for hydroxylation is 3. The topological polar surface area (TPSA) is 9.23 Å². The van der Waals surface area contributed by atoms with Crippen LogP contribution in [0.2, 0.25) is 0 Å². The number of hydrogen-bond acceptors (Lipinski definition) is 1. The third kappa shape index (κ3) is 2.73. The van der Waals surface area contributed by atoms with E-state index in [-0.39, 0.29) is 0 Å². The predicted octanol–water partition coefficient (Wildman–Crippen LogP) is 4.97. The van der Waals surface area contributed by atoms with Gasteiger partial charge in [-0.1, -0.05) is 24.6 Å². The lowest BCUT2D eigenvalue weighted by atomic mass is 10.0. The molecule has 2 rings (SSSR count). The summed E-state index contributed by atoms with van der Waals surface area (Å²) in [5.74, 6) is 1.81. The second kappa shape index (κ2) is 5.26. The minimum absolute atomic E-state index is 0.892. The second-order valence-corrected chi connectivity index (χ2v) is 4.80. The third-order valence-electron chi connectivity index (χ3n) is 3.28. The molecule has 0 spiro atoms. The number of hydrogen-bond donors (Lipinski definition) is 0. The largest absolute Gasteiger partial charge is 0.457 e. The Bertz CT molecular complexity index is 515. The first kappa shape index (κ1) is 12.7. The zero-order chi connectivity index (χ0) is 13.1. The van der Waals surface area contributed by atoms with Crippen LogP contribution in [0.1, 0.15) is 29.2 Å². The molecule has 0 amide bonds. The maximum Gasteiger partial charge on any atom is 0.127 e. The summed E-state index contributed by atoms with van der Waals surface area (Å²) in [6.45, 7) is 8.56. The molecule has 0 fully saturated rings. The summed E-state index contributed by atoms with van der Waals surface area (Å²) in [6, 6.07) is 12.4. The zero-order valence-electron chi connectivity index (χ0n) is 11.6. The van der Waals surface area contributed by atoms with Gasteiger partial charge >= 0.3 is 0 Å². The molecule has 2 aromatic rings. The molecule has 0 bridgehead atoms. The molecule has 0 aliphatic rings. The lowest BCUT2D eigenvalue weighted by Crippen LogP contribution is -1.93. The molecule has 0 unspecified atom stereocenters. The molecule has 1 nitrogen and oxygen atoms in total. The van der Waals surface area contributed by atoms with Gasteiger partial charge in [0.1, 0.15) is 11.5 Å². The van der Waals surface area contributed by atoms with Crippen molar-refractivity contribution in [3.63, 3.8) is 0 Å². The molecule has 94 valence electrons. The molecular weight excluding hydrogens is 220 g/mol. The average Bonchev–Trinajstić information content (AvgIpc) is 2.32. The summed E-state index contributed by atoms with van der Waals surface area (Å²) in [7, 11) is 0. The minimum atomic E-state index is 0.892. The average molecular weight is 240 g/mol. The monoisotopic (exact) mass is 240 g/mol. The highest BCUT2D eigenvalue weighted by Gasteiger charge is 2.05.